The molecule has 0 aromatic carbocycles. The number of piperidine rings is 1. The van der Waals surface area contributed by atoms with Crippen LogP contribution in [0.15, 0.2) is 6.20 Å². The number of carbonyl (C=O) groups excluding carboxylic acids is 1. The minimum Gasteiger partial charge on any atom is -0.455 e. The van der Waals surface area contributed by atoms with E-state index >= 15 is 0 Å². The SMILES string of the molecule is CC(C)(C)OC(=O)c1cnnn1C1CCNCC1. The maximum Gasteiger partial charge on any atom is 0.358 e. The van der Waals surface area contributed by atoms with Gasteiger partial charge in [-0.15, -0.1) is 5.10 Å². The maximum atomic E-state index is 12.0. The van der Waals surface area contributed by atoms with Crippen LogP contribution in [-0.4, -0.2) is 39.7 Å². The summed E-state index contributed by atoms with van der Waals surface area (Å²) in [7, 11) is 0. The smallest absolute Gasteiger partial charge is 0.358 e. The quantitative estimate of drug-likeness (QED) is 0.800. The highest BCUT2D eigenvalue weighted by Crippen LogP contribution is 2.20. The molecule has 0 bridgehead atoms. The van der Waals surface area contributed by atoms with Gasteiger partial charge in [0.15, 0.2) is 5.69 Å². The third kappa shape index (κ3) is 3.07. The number of esters is 1. The number of hydrogen-bond acceptors (Lipinski definition) is 5. The van der Waals surface area contributed by atoms with Crippen LogP contribution in [0, 0.1) is 0 Å². The molecule has 1 aliphatic rings. The van der Waals surface area contributed by atoms with Gasteiger partial charge in [0.25, 0.3) is 0 Å². The molecule has 2 heterocycles. The number of nitrogens with one attached hydrogen (secondary N) is 1. The molecule has 0 saturated carbocycles. The van der Waals surface area contributed by atoms with Gasteiger partial charge in [-0.05, 0) is 46.7 Å². The third-order valence-corrected chi connectivity index (χ3v) is 2.84. The summed E-state index contributed by atoms with van der Waals surface area (Å²) in [6.07, 6.45) is 3.40. The first kappa shape index (κ1) is 13.0. The van der Waals surface area contributed by atoms with Gasteiger partial charge in [0.2, 0.25) is 0 Å². The van der Waals surface area contributed by atoms with Crippen molar-refractivity contribution in [1.29, 1.82) is 0 Å². The van der Waals surface area contributed by atoms with Crippen LogP contribution in [0.5, 0.6) is 0 Å². The van der Waals surface area contributed by atoms with Gasteiger partial charge < -0.3 is 10.1 Å². The Kier molecular flexibility index (Phi) is 3.65. The molecule has 0 radical (unpaired) electrons. The highest BCUT2D eigenvalue weighted by Gasteiger charge is 2.25. The third-order valence-electron chi connectivity index (χ3n) is 2.84. The van der Waals surface area contributed by atoms with Crippen molar-refractivity contribution in [3.63, 3.8) is 0 Å². The molecule has 0 unspecified atom stereocenters. The largest absolute Gasteiger partial charge is 0.455 e. The van der Waals surface area contributed by atoms with E-state index in [9.17, 15) is 4.79 Å². The number of ether oxygens (including phenoxy) is 1. The number of carbonyl (C=O) groups is 1. The van der Waals surface area contributed by atoms with Crippen LogP contribution < -0.4 is 5.32 Å². The summed E-state index contributed by atoms with van der Waals surface area (Å²) < 4.78 is 7.06. The van der Waals surface area contributed by atoms with Gasteiger partial charge >= 0.3 is 5.97 Å². The molecule has 1 fully saturated rings. The van der Waals surface area contributed by atoms with Crippen LogP contribution in [0.3, 0.4) is 0 Å². The van der Waals surface area contributed by atoms with Crippen LogP contribution in [0.25, 0.3) is 0 Å². The Labute approximate surface area is 107 Å². The van der Waals surface area contributed by atoms with Gasteiger partial charge in [-0.25, -0.2) is 9.48 Å². The Morgan fingerprint density at radius 2 is 2.11 bits per heavy atom. The van der Waals surface area contributed by atoms with E-state index in [0.29, 0.717) is 5.69 Å². The summed E-state index contributed by atoms with van der Waals surface area (Å²) in [6, 6.07) is 0.233. The normalized spacial score (nSPS) is 17.7. The molecule has 0 aliphatic carbocycles. The van der Waals surface area contributed by atoms with Crippen molar-refractivity contribution in [2.75, 3.05) is 13.1 Å². The lowest BCUT2D eigenvalue weighted by atomic mass is 10.1. The second kappa shape index (κ2) is 5.06. The molecule has 6 heteroatoms. The molecule has 2 rings (SSSR count). The van der Waals surface area contributed by atoms with E-state index in [1.165, 1.54) is 6.20 Å². The minimum atomic E-state index is -0.500. The molecular formula is C12H20N4O2. The molecule has 1 aliphatic heterocycles. The second-order valence-corrected chi connectivity index (χ2v) is 5.55. The number of hydrogen-bond donors (Lipinski definition) is 1. The highest BCUT2D eigenvalue weighted by molar-refractivity contribution is 5.87. The molecule has 1 aromatic heterocycles. The van der Waals surface area contributed by atoms with Crippen LogP contribution in [0.4, 0.5) is 0 Å². The van der Waals surface area contributed by atoms with E-state index in [-0.39, 0.29) is 12.0 Å². The fraction of sp³-hybridized carbons (Fsp3) is 0.750. The van der Waals surface area contributed by atoms with E-state index < -0.39 is 5.60 Å². The zero-order valence-corrected chi connectivity index (χ0v) is 11.1. The Morgan fingerprint density at radius 3 is 2.72 bits per heavy atom. The van der Waals surface area contributed by atoms with Crippen molar-refractivity contribution in [3.8, 4) is 0 Å². The average Bonchev–Trinajstić information content (AvgIpc) is 2.76. The van der Waals surface area contributed by atoms with Crippen LogP contribution in [0.1, 0.15) is 50.1 Å². The monoisotopic (exact) mass is 252 g/mol. The summed E-state index contributed by atoms with van der Waals surface area (Å²) in [5.41, 5.74) is -0.0582. The van der Waals surface area contributed by atoms with Crippen LogP contribution in [-0.2, 0) is 4.74 Å². The zero-order chi connectivity index (χ0) is 13.2. The second-order valence-electron chi connectivity index (χ2n) is 5.55. The standard InChI is InChI=1S/C12H20N4O2/c1-12(2,3)18-11(17)10-8-14-15-16(10)9-4-6-13-7-5-9/h8-9,13H,4-7H2,1-3H3. The predicted molar refractivity (Wildman–Crippen MR) is 66.3 cm³/mol. The molecular weight excluding hydrogens is 232 g/mol. The average molecular weight is 252 g/mol. The van der Waals surface area contributed by atoms with E-state index in [1.807, 2.05) is 20.8 Å². The first-order valence-electron chi connectivity index (χ1n) is 6.31. The van der Waals surface area contributed by atoms with Crippen molar-refractivity contribution in [1.82, 2.24) is 20.3 Å². The van der Waals surface area contributed by atoms with Crippen LogP contribution >= 0.6 is 0 Å². The fourth-order valence-corrected chi connectivity index (χ4v) is 2.04. The number of aromatic nitrogens is 3. The van der Waals surface area contributed by atoms with Crippen molar-refractivity contribution in [2.45, 2.75) is 45.3 Å². The van der Waals surface area contributed by atoms with E-state index in [4.69, 9.17) is 4.74 Å². The Balaban J connectivity index is 2.14. The summed E-state index contributed by atoms with van der Waals surface area (Å²) in [5.74, 6) is -0.356. The molecule has 6 nitrogen and oxygen atoms in total. The minimum absolute atomic E-state index is 0.233. The predicted octanol–water partition coefficient (Wildman–Crippen LogP) is 1.16. The summed E-state index contributed by atoms with van der Waals surface area (Å²) in [5, 5.41) is 11.2. The van der Waals surface area contributed by atoms with Gasteiger partial charge in [0, 0.05) is 0 Å². The van der Waals surface area contributed by atoms with Gasteiger partial charge in [-0.1, -0.05) is 5.21 Å². The van der Waals surface area contributed by atoms with Gasteiger partial charge in [0.1, 0.15) is 5.60 Å². The molecule has 0 spiro atoms. The topological polar surface area (TPSA) is 69.0 Å². The zero-order valence-electron chi connectivity index (χ0n) is 11.1. The number of rotatable bonds is 2. The van der Waals surface area contributed by atoms with Crippen molar-refractivity contribution < 1.29 is 9.53 Å². The van der Waals surface area contributed by atoms with Crippen molar-refractivity contribution >= 4 is 5.97 Å². The summed E-state index contributed by atoms with van der Waals surface area (Å²) >= 11 is 0. The molecule has 100 valence electrons. The van der Waals surface area contributed by atoms with E-state index in [2.05, 4.69) is 15.6 Å². The lowest BCUT2D eigenvalue weighted by Gasteiger charge is -2.24. The molecule has 0 atom stereocenters. The van der Waals surface area contributed by atoms with Gasteiger partial charge in [-0.3, -0.25) is 0 Å². The first-order valence-corrected chi connectivity index (χ1v) is 6.31. The summed E-state index contributed by atoms with van der Waals surface area (Å²) in [4.78, 5) is 12.0. The number of nitrogens with zero attached hydrogens (tertiary/aromatic N) is 3. The Morgan fingerprint density at radius 1 is 1.44 bits per heavy atom. The van der Waals surface area contributed by atoms with E-state index in [1.54, 1.807) is 4.68 Å². The lowest BCUT2D eigenvalue weighted by Crippen LogP contribution is -2.32. The molecule has 1 aromatic rings. The first-order chi connectivity index (χ1) is 8.47. The summed E-state index contributed by atoms with van der Waals surface area (Å²) in [6.45, 7) is 7.44. The maximum absolute atomic E-state index is 12.0. The van der Waals surface area contributed by atoms with Crippen molar-refractivity contribution in [3.05, 3.63) is 11.9 Å². The van der Waals surface area contributed by atoms with Gasteiger partial charge in [0.05, 0.1) is 12.2 Å². The van der Waals surface area contributed by atoms with E-state index in [0.717, 1.165) is 25.9 Å². The highest BCUT2D eigenvalue weighted by atomic mass is 16.6. The lowest BCUT2D eigenvalue weighted by molar-refractivity contribution is 0.00523. The molecule has 1 saturated heterocycles. The Hall–Kier alpha value is -1.43. The Bertz CT molecular complexity index is 416. The molecule has 1 N–H and O–H groups in total. The van der Waals surface area contributed by atoms with Gasteiger partial charge in [-0.2, -0.15) is 0 Å². The molecule has 0 amide bonds. The van der Waals surface area contributed by atoms with Crippen LogP contribution in [0.2, 0.25) is 0 Å². The fourth-order valence-electron chi connectivity index (χ4n) is 2.04. The van der Waals surface area contributed by atoms with Crippen molar-refractivity contribution in [2.24, 2.45) is 0 Å². The molecule has 18 heavy (non-hydrogen) atoms.